The van der Waals surface area contributed by atoms with Crippen molar-refractivity contribution in [2.75, 3.05) is 0 Å². The molecule has 0 fully saturated rings. The van der Waals surface area contributed by atoms with Crippen LogP contribution in [0.4, 0.5) is 0 Å². The molecule has 0 rings (SSSR count). The summed E-state index contributed by atoms with van der Waals surface area (Å²) in [5, 5.41) is 0. The Hall–Kier alpha value is -0.370. The Morgan fingerprint density at radius 3 is 2.20 bits per heavy atom. The molecule has 1 atom stereocenters. The van der Waals surface area contributed by atoms with E-state index in [-0.39, 0.29) is 6.04 Å². The van der Waals surface area contributed by atoms with Crippen molar-refractivity contribution in [2.45, 2.75) is 13.0 Å². The Morgan fingerprint density at radius 2 is 2.20 bits per heavy atom. The van der Waals surface area contributed by atoms with Crippen LogP contribution in [0.15, 0.2) is 0 Å². The van der Waals surface area contributed by atoms with Crippen molar-refractivity contribution in [3.8, 4) is 0 Å². The highest BCUT2D eigenvalue weighted by atomic mass is 16.1. The average molecular weight is 74.1 g/mol. The fourth-order valence-corrected chi connectivity index (χ4v) is 0. The molecule has 0 spiro atoms. The van der Waals surface area contributed by atoms with Gasteiger partial charge in [-0.1, -0.05) is 0 Å². The highest BCUT2D eigenvalue weighted by molar-refractivity contribution is 5.53. The maximum Gasteiger partial charge on any atom is 0.176 e. The lowest BCUT2D eigenvalue weighted by Crippen LogP contribution is -2.59. The SMILES string of the molecule is C[C@H]([NH3+])C=O. The van der Waals surface area contributed by atoms with Crippen LogP contribution in [0.25, 0.3) is 0 Å². The van der Waals surface area contributed by atoms with Gasteiger partial charge in [-0.2, -0.15) is 0 Å². The lowest BCUT2D eigenvalue weighted by atomic mass is 10.4. The highest BCUT2D eigenvalue weighted by Gasteiger charge is 1.84. The van der Waals surface area contributed by atoms with E-state index in [0.29, 0.717) is 0 Å². The smallest absolute Gasteiger partial charge is 0.176 e. The normalized spacial score (nSPS) is 14.0. The standard InChI is InChI=1S/C3H7NO/c1-3(4)2-5/h2-3H,4H2,1H3/p+1/t3-/m0/s1. The first-order chi connectivity index (χ1) is 2.27. The molecular weight excluding hydrogens is 66.0 g/mol. The molecule has 30 valence electrons. The molecule has 0 aromatic carbocycles. The highest BCUT2D eigenvalue weighted by Crippen LogP contribution is 1.50. The second-order valence-electron chi connectivity index (χ2n) is 1.11. The summed E-state index contributed by atoms with van der Waals surface area (Å²) in [6, 6.07) is -0.0463. The Kier molecular flexibility index (Phi) is 1.76. The van der Waals surface area contributed by atoms with Crippen LogP contribution in [-0.2, 0) is 4.79 Å². The molecule has 0 saturated heterocycles. The number of carbonyl (C=O) groups is 1. The summed E-state index contributed by atoms with van der Waals surface area (Å²) in [7, 11) is 0. The number of carbonyl (C=O) groups excluding carboxylic acids is 1. The third-order valence-corrected chi connectivity index (χ3v) is 0.232. The molecule has 0 unspecified atom stereocenters. The first-order valence-corrected chi connectivity index (χ1v) is 1.55. The van der Waals surface area contributed by atoms with Gasteiger partial charge in [0.1, 0.15) is 6.04 Å². The number of aldehydes is 1. The molecule has 0 aliphatic carbocycles. The molecule has 2 nitrogen and oxygen atoms in total. The molecule has 0 aromatic rings. The van der Waals surface area contributed by atoms with E-state index in [1.807, 2.05) is 0 Å². The third-order valence-electron chi connectivity index (χ3n) is 0.232. The summed E-state index contributed by atoms with van der Waals surface area (Å²) in [6.45, 7) is 1.74. The van der Waals surface area contributed by atoms with Gasteiger partial charge in [-0.15, -0.1) is 0 Å². The van der Waals surface area contributed by atoms with Crippen molar-refractivity contribution in [2.24, 2.45) is 0 Å². The molecule has 3 N–H and O–H groups in total. The van der Waals surface area contributed by atoms with E-state index in [1.54, 1.807) is 6.92 Å². The van der Waals surface area contributed by atoms with Crippen molar-refractivity contribution >= 4 is 6.29 Å². The lowest BCUT2D eigenvalue weighted by molar-refractivity contribution is -0.394. The van der Waals surface area contributed by atoms with E-state index in [0.717, 1.165) is 6.29 Å². The number of quaternary nitrogens is 1. The van der Waals surface area contributed by atoms with E-state index < -0.39 is 0 Å². The van der Waals surface area contributed by atoms with Crippen LogP contribution in [0, 0.1) is 0 Å². The van der Waals surface area contributed by atoms with Crippen molar-refractivity contribution in [1.29, 1.82) is 0 Å². The van der Waals surface area contributed by atoms with E-state index in [1.165, 1.54) is 0 Å². The van der Waals surface area contributed by atoms with Gasteiger partial charge in [0.15, 0.2) is 6.29 Å². The molecule has 0 saturated carbocycles. The minimum atomic E-state index is -0.0463. The van der Waals surface area contributed by atoms with Crippen LogP contribution < -0.4 is 5.73 Å². The van der Waals surface area contributed by atoms with E-state index >= 15 is 0 Å². The number of hydrogen-bond acceptors (Lipinski definition) is 1. The van der Waals surface area contributed by atoms with E-state index in [9.17, 15) is 4.79 Å². The molecule has 5 heavy (non-hydrogen) atoms. The Labute approximate surface area is 31.0 Å². The second kappa shape index (κ2) is 1.91. The average Bonchev–Trinajstić information content (AvgIpc) is 1.38. The largest absolute Gasteiger partial charge is 0.349 e. The quantitative estimate of drug-likeness (QED) is 0.391. The van der Waals surface area contributed by atoms with Crippen LogP contribution in [0.5, 0.6) is 0 Å². The van der Waals surface area contributed by atoms with Gasteiger partial charge in [-0.25, -0.2) is 0 Å². The Balaban J connectivity index is 2.83. The zero-order valence-corrected chi connectivity index (χ0v) is 3.27. The molecule has 0 bridgehead atoms. The third kappa shape index (κ3) is 3.63. The zero-order chi connectivity index (χ0) is 4.28. The monoisotopic (exact) mass is 74.1 g/mol. The van der Waals surface area contributed by atoms with Gasteiger partial charge >= 0.3 is 0 Å². The van der Waals surface area contributed by atoms with Crippen molar-refractivity contribution in [3.63, 3.8) is 0 Å². The summed E-state index contributed by atoms with van der Waals surface area (Å²) in [4.78, 5) is 9.44. The lowest BCUT2D eigenvalue weighted by Gasteiger charge is -1.76. The van der Waals surface area contributed by atoms with Crippen molar-refractivity contribution < 1.29 is 10.5 Å². The molecular formula is C3H8NO+. The fraction of sp³-hybridized carbons (Fsp3) is 0.667. The van der Waals surface area contributed by atoms with Gasteiger partial charge in [0.25, 0.3) is 0 Å². The molecule has 0 amide bonds. The Bertz CT molecular complexity index is 33.9. The topological polar surface area (TPSA) is 44.7 Å². The Morgan fingerprint density at radius 1 is 2.00 bits per heavy atom. The summed E-state index contributed by atoms with van der Waals surface area (Å²) < 4.78 is 0. The van der Waals surface area contributed by atoms with Crippen LogP contribution in [0.3, 0.4) is 0 Å². The summed E-state index contributed by atoms with van der Waals surface area (Å²) in [5.41, 5.74) is 3.39. The van der Waals surface area contributed by atoms with E-state index in [2.05, 4.69) is 5.73 Å². The minimum Gasteiger partial charge on any atom is -0.349 e. The summed E-state index contributed by atoms with van der Waals surface area (Å²) in [6.07, 6.45) is 0.806. The first kappa shape index (κ1) is 4.63. The van der Waals surface area contributed by atoms with E-state index in [4.69, 9.17) is 0 Å². The molecule has 2 heteroatoms. The molecule has 0 aliphatic heterocycles. The van der Waals surface area contributed by atoms with Gasteiger partial charge in [-0.3, -0.25) is 4.79 Å². The number of rotatable bonds is 1. The van der Waals surface area contributed by atoms with Gasteiger partial charge < -0.3 is 5.73 Å². The maximum absolute atomic E-state index is 9.44. The van der Waals surface area contributed by atoms with Gasteiger partial charge in [0, 0.05) is 0 Å². The minimum absolute atomic E-state index is 0.0463. The van der Waals surface area contributed by atoms with Crippen LogP contribution in [-0.4, -0.2) is 12.3 Å². The second-order valence-corrected chi connectivity index (χ2v) is 1.11. The summed E-state index contributed by atoms with van der Waals surface area (Å²) >= 11 is 0. The summed E-state index contributed by atoms with van der Waals surface area (Å²) in [5.74, 6) is 0. The van der Waals surface area contributed by atoms with Crippen molar-refractivity contribution in [1.82, 2.24) is 0 Å². The van der Waals surface area contributed by atoms with Gasteiger partial charge in [0.2, 0.25) is 0 Å². The molecule has 0 heterocycles. The molecule has 0 radical (unpaired) electrons. The molecule has 0 aliphatic rings. The number of hydrogen-bond donors (Lipinski definition) is 1. The van der Waals surface area contributed by atoms with Crippen LogP contribution in [0.1, 0.15) is 6.92 Å². The van der Waals surface area contributed by atoms with Crippen LogP contribution in [0.2, 0.25) is 0 Å². The first-order valence-electron chi connectivity index (χ1n) is 1.55. The van der Waals surface area contributed by atoms with Crippen molar-refractivity contribution in [3.05, 3.63) is 0 Å². The molecule has 0 aromatic heterocycles. The van der Waals surface area contributed by atoms with Gasteiger partial charge in [0.05, 0.1) is 0 Å². The maximum atomic E-state index is 9.44. The van der Waals surface area contributed by atoms with Crippen LogP contribution >= 0.6 is 0 Å². The predicted octanol–water partition coefficient (Wildman–Crippen LogP) is -1.18. The zero-order valence-electron chi connectivity index (χ0n) is 3.27. The fourth-order valence-electron chi connectivity index (χ4n) is 0. The predicted molar refractivity (Wildman–Crippen MR) is 18.4 cm³/mol. The van der Waals surface area contributed by atoms with Gasteiger partial charge in [-0.05, 0) is 6.92 Å².